The standard InChI is InChI=1S/C12H20O3/c1-8-7-9(13)11-10(8)14-12(15-11)5-3-2-4-6-12/h8-11,13H,2-7H2,1H3/t8?,9-,10+,11-/m0/s1. The van der Waals surface area contributed by atoms with Crippen LogP contribution in [0.5, 0.6) is 0 Å². The predicted molar refractivity (Wildman–Crippen MR) is 55.3 cm³/mol. The van der Waals surface area contributed by atoms with Crippen molar-refractivity contribution in [3.05, 3.63) is 0 Å². The zero-order valence-electron chi connectivity index (χ0n) is 9.32. The summed E-state index contributed by atoms with van der Waals surface area (Å²) in [5.74, 6) is 0.106. The Labute approximate surface area is 90.8 Å². The van der Waals surface area contributed by atoms with E-state index in [2.05, 4.69) is 6.92 Å². The second-order valence-electron chi connectivity index (χ2n) is 5.42. The van der Waals surface area contributed by atoms with Crippen LogP contribution in [0.25, 0.3) is 0 Å². The molecule has 1 N–H and O–H groups in total. The molecule has 3 heteroatoms. The first-order valence-corrected chi connectivity index (χ1v) is 6.24. The Kier molecular flexibility index (Phi) is 2.31. The molecule has 3 aliphatic rings. The lowest BCUT2D eigenvalue weighted by atomic mass is 9.94. The molecule has 0 aromatic rings. The first kappa shape index (κ1) is 10.1. The van der Waals surface area contributed by atoms with E-state index in [0.717, 1.165) is 19.3 Å². The van der Waals surface area contributed by atoms with Crippen LogP contribution in [-0.2, 0) is 9.47 Å². The normalized spacial score (nSPS) is 48.4. The molecular formula is C12H20O3. The minimum atomic E-state index is -0.330. The third-order valence-electron chi connectivity index (χ3n) is 4.19. The van der Waals surface area contributed by atoms with Crippen LogP contribution >= 0.6 is 0 Å². The fraction of sp³-hybridized carbons (Fsp3) is 1.00. The lowest BCUT2D eigenvalue weighted by Gasteiger charge is -2.33. The van der Waals surface area contributed by atoms with Crippen LogP contribution in [0.15, 0.2) is 0 Å². The van der Waals surface area contributed by atoms with Crippen molar-refractivity contribution in [2.45, 2.75) is 69.5 Å². The van der Waals surface area contributed by atoms with E-state index in [4.69, 9.17) is 9.47 Å². The van der Waals surface area contributed by atoms with E-state index >= 15 is 0 Å². The van der Waals surface area contributed by atoms with Crippen molar-refractivity contribution < 1.29 is 14.6 Å². The Morgan fingerprint density at radius 1 is 1.07 bits per heavy atom. The highest BCUT2D eigenvalue weighted by molar-refractivity contribution is 4.99. The highest BCUT2D eigenvalue weighted by Crippen LogP contribution is 2.47. The van der Waals surface area contributed by atoms with Gasteiger partial charge >= 0.3 is 0 Å². The number of aliphatic hydroxyl groups excluding tert-OH is 1. The summed E-state index contributed by atoms with van der Waals surface area (Å²) >= 11 is 0. The minimum absolute atomic E-state index is 0.0573. The molecule has 15 heavy (non-hydrogen) atoms. The Morgan fingerprint density at radius 3 is 2.40 bits per heavy atom. The van der Waals surface area contributed by atoms with Crippen molar-refractivity contribution in [2.24, 2.45) is 5.92 Å². The molecular weight excluding hydrogens is 192 g/mol. The van der Waals surface area contributed by atoms with Gasteiger partial charge in [-0.2, -0.15) is 0 Å². The van der Waals surface area contributed by atoms with Gasteiger partial charge in [-0.05, 0) is 25.2 Å². The van der Waals surface area contributed by atoms with Gasteiger partial charge in [0.05, 0.1) is 12.2 Å². The van der Waals surface area contributed by atoms with E-state index < -0.39 is 0 Å². The van der Waals surface area contributed by atoms with E-state index in [-0.39, 0.29) is 24.1 Å². The van der Waals surface area contributed by atoms with Crippen molar-refractivity contribution in [3.8, 4) is 0 Å². The van der Waals surface area contributed by atoms with Gasteiger partial charge in [-0.3, -0.25) is 0 Å². The van der Waals surface area contributed by atoms with Crippen LogP contribution in [0.3, 0.4) is 0 Å². The quantitative estimate of drug-likeness (QED) is 0.666. The van der Waals surface area contributed by atoms with Gasteiger partial charge in [0.25, 0.3) is 0 Å². The summed E-state index contributed by atoms with van der Waals surface area (Å²) in [6, 6.07) is 0. The monoisotopic (exact) mass is 212 g/mol. The molecule has 1 aliphatic heterocycles. The van der Waals surface area contributed by atoms with Crippen molar-refractivity contribution in [1.29, 1.82) is 0 Å². The maximum atomic E-state index is 9.88. The van der Waals surface area contributed by atoms with Crippen molar-refractivity contribution in [2.75, 3.05) is 0 Å². The van der Waals surface area contributed by atoms with Crippen LogP contribution < -0.4 is 0 Å². The molecule has 0 aromatic heterocycles. The highest BCUT2D eigenvalue weighted by atomic mass is 16.8. The summed E-state index contributed by atoms with van der Waals surface area (Å²) < 4.78 is 12.1. The van der Waals surface area contributed by atoms with Gasteiger partial charge in [-0.15, -0.1) is 0 Å². The van der Waals surface area contributed by atoms with Gasteiger partial charge in [-0.1, -0.05) is 13.3 Å². The fourth-order valence-corrected chi connectivity index (χ4v) is 3.37. The minimum Gasteiger partial charge on any atom is -0.390 e. The molecule has 3 fully saturated rings. The van der Waals surface area contributed by atoms with E-state index in [0.29, 0.717) is 5.92 Å². The van der Waals surface area contributed by atoms with Crippen LogP contribution in [0.2, 0.25) is 0 Å². The second-order valence-corrected chi connectivity index (χ2v) is 5.42. The Morgan fingerprint density at radius 2 is 1.73 bits per heavy atom. The summed E-state index contributed by atoms with van der Waals surface area (Å²) in [7, 11) is 0. The lowest BCUT2D eigenvalue weighted by Crippen LogP contribution is -2.35. The molecule has 4 atom stereocenters. The Hall–Kier alpha value is -0.120. The zero-order valence-corrected chi connectivity index (χ0v) is 9.32. The third kappa shape index (κ3) is 1.52. The SMILES string of the molecule is CC1C[C@H](O)[C@@H]2OC3(CCCCC3)O[C@H]12. The molecule has 0 bridgehead atoms. The molecule has 1 saturated heterocycles. The van der Waals surface area contributed by atoms with Gasteiger partial charge < -0.3 is 14.6 Å². The molecule has 86 valence electrons. The van der Waals surface area contributed by atoms with Crippen LogP contribution in [0.1, 0.15) is 45.4 Å². The molecule has 3 rings (SSSR count). The average Bonchev–Trinajstić information content (AvgIpc) is 2.69. The van der Waals surface area contributed by atoms with Crippen molar-refractivity contribution in [1.82, 2.24) is 0 Å². The summed E-state index contributed by atoms with van der Waals surface area (Å²) in [6.45, 7) is 2.15. The van der Waals surface area contributed by atoms with Gasteiger partial charge in [0.2, 0.25) is 0 Å². The molecule has 3 nitrogen and oxygen atoms in total. The molecule has 0 radical (unpaired) electrons. The van der Waals surface area contributed by atoms with Gasteiger partial charge in [0.15, 0.2) is 5.79 Å². The summed E-state index contributed by atoms with van der Waals surface area (Å²) in [4.78, 5) is 0. The first-order valence-electron chi connectivity index (χ1n) is 6.24. The van der Waals surface area contributed by atoms with Crippen LogP contribution in [0, 0.1) is 5.92 Å². The number of hydrogen-bond acceptors (Lipinski definition) is 3. The Bertz CT molecular complexity index is 229. The lowest BCUT2D eigenvalue weighted by molar-refractivity contribution is -0.208. The van der Waals surface area contributed by atoms with E-state index in [1.165, 1.54) is 19.3 Å². The third-order valence-corrected chi connectivity index (χ3v) is 4.19. The summed E-state index contributed by atoms with van der Waals surface area (Å²) in [5, 5.41) is 9.88. The molecule has 0 aromatic carbocycles. The van der Waals surface area contributed by atoms with Gasteiger partial charge in [0, 0.05) is 12.8 Å². The summed E-state index contributed by atoms with van der Waals surface area (Å²) in [6.07, 6.45) is 6.31. The second kappa shape index (κ2) is 3.44. The number of rotatable bonds is 0. The fourth-order valence-electron chi connectivity index (χ4n) is 3.37. The van der Waals surface area contributed by atoms with Crippen molar-refractivity contribution in [3.63, 3.8) is 0 Å². The smallest absolute Gasteiger partial charge is 0.169 e. The summed E-state index contributed by atoms with van der Waals surface area (Å²) in [5.41, 5.74) is 0. The van der Waals surface area contributed by atoms with E-state index in [1.54, 1.807) is 0 Å². The number of aliphatic hydroxyl groups is 1. The molecule has 1 unspecified atom stereocenters. The molecule has 0 amide bonds. The molecule has 2 saturated carbocycles. The van der Waals surface area contributed by atoms with Crippen LogP contribution in [0.4, 0.5) is 0 Å². The first-order chi connectivity index (χ1) is 7.20. The average molecular weight is 212 g/mol. The predicted octanol–water partition coefficient (Wildman–Crippen LogP) is 1.83. The largest absolute Gasteiger partial charge is 0.390 e. The molecule has 1 heterocycles. The maximum absolute atomic E-state index is 9.88. The zero-order chi connectivity index (χ0) is 10.5. The van der Waals surface area contributed by atoms with Gasteiger partial charge in [0.1, 0.15) is 6.10 Å². The maximum Gasteiger partial charge on any atom is 0.169 e. The number of hydrogen-bond donors (Lipinski definition) is 1. The van der Waals surface area contributed by atoms with Gasteiger partial charge in [-0.25, -0.2) is 0 Å². The molecule has 1 spiro atoms. The van der Waals surface area contributed by atoms with Crippen molar-refractivity contribution >= 4 is 0 Å². The number of ether oxygens (including phenoxy) is 2. The van der Waals surface area contributed by atoms with E-state index in [9.17, 15) is 5.11 Å². The van der Waals surface area contributed by atoms with Crippen LogP contribution in [-0.4, -0.2) is 29.2 Å². The topological polar surface area (TPSA) is 38.7 Å². The number of fused-ring (bicyclic) bond motifs is 1. The Balaban J connectivity index is 1.77. The molecule has 2 aliphatic carbocycles. The highest BCUT2D eigenvalue weighted by Gasteiger charge is 2.55. The van der Waals surface area contributed by atoms with E-state index in [1.807, 2.05) is 0 Å².